The zero-order valence-corrected chi connectivity index (χ0v) is 15.2. The second-order valence-corrected chi connectivity index (χ2v) is 7.46. The second-order valence-electron chi connectivity index (χ2n) is 6.31. The summed E-state index contributed by atoms with van der Waals surface area (Å²) in [7, 11) is 0. The number of nitrogens with zero attached hydrogens (tertiary/aromatic N) is 5. The smallest absolute Gasteiger partial charge is 0.167 e. The fraction of sp³-hybridized carbons (Fsp3) is 0.412. The summed E-state index contributed by atoms with van der Waals surface area (Å²) in [6.07, 6.45) is 3.96. The minimum atomic E-state index is -1.08. The van der Waals surface area contributed by atoms with Crippen LogP contribution >= 0.6 is 11.8 Å². The lowest BCUT2D eigenvalue weighted by Crippen LogP contribution is -2.32. The van der Waals surface area contributed by atoms with Gasteiger partial charge in [0.1, 0.15) is 24.1 Å². The van der Waals surface area contributed by atoms with Crippen LogP contribution in [0.25, 0.3) is 11.2 Å². The molecule has 4 heterocycles. The van der Waals surface area contributed by atoms with Crippen LogP contribution in [0.2, 0.25) is 0 Å². The number of aliphatic hydroxyl groups excluding tert-OH is 2. The number of fused-ring (bicyclic) bond motifs is 1. The van der Waals surface area contributed by atoms with Gasteiger partial charge in [0, 0.05) is 18.1 Å². The summed E-state index contributed by atoms with van der Waals surface area (Å²) < 4.78 is 7.51. The molecule has 1 fully saturated rings. The number of nitrogens with two attached hydrogens (primary N) is 1. The van der Waals surface area contributed by atoms with Gasteiger partial charge in [0.2, 0.25) is 0 Å². The minimum absolute atomic E-state index is 0.259. The van der Waals surface area contributed by atoms with Gasteiger partial charge in [-0.05, 0) is 29.9 Å². The summed E-state index contributed by atoms with van der Waals surface area (Å²) >= 11 is 1.67. The SMILES string of the molecule is Nc1ncnc2c1ncn2[C@@H]1O[C@H](CSCCc2ccncc2)[C@@H](O)[C@H]1O. The Morgan fingerprint density at radius 3 is 2.78 bits per heavy atom. The molecule has 1 aliphatic rings. The molecule has 10 heteroatoms. The Kier molecular flexibility index (Phi) is 5.21. The van der Waals surface area contributed by atoms with Crippen molar-refractivity contribution in [2.24, 2.45) is 0 Å². The first-order valence-corrected chi connectivity index (χ1v) is 9.72. The molecule has 0 amide bonds. The van der Waals surface area contributed by atoms with Crippen molar-refractivity contribution in [3.63, 3.8) is 0 Å². The maximum Gasteiger partial charge on any atom is 0.167 e. The van der Waals surface area contributed by atoms with Gasteiger partial charge in [0.15, 0.2) is 17.7 Å². The number of imidazole rings is 1. The topological polar surface area (TPSA) is 132 Å². The molecule has 1 aliphatic heterocycles. The summed E-state index contributed by atoms with van der Waals surface area (Å²) in [5, 5.41) is 20.8. The highest BCUT2D eigenvalue weighted by Gasteiger charge is 2.44. The monoisotopic (exact) mass is 388 g/mol. The molecule has 4 N–H and O–H groups in total. The summed E-state index contributed by atoms with van der Waals surface area (Å²) in [5.41, 5.74) is 7.92. The van der Waals surface area contributed by atoms with Crippen molar-refractivity contribution in [1.82, 2.24) is 24.5 Å². The number of anilines is 1. The van der Waals surface area contributed by atoms with Crippen molar-refractivity contribution in [2.75, 3.05) is 17.2 Å². The van der Waals surface area contributed by atoms with Crippen molar-refractivity contribution in [1.29, 1.82) is 0 Å². The molecule has 142 valence electrons. The van der Waals surface area contributed by atoms with Crippen LogP contribution in [0.5, 0.6) is 0 Å². The molecule has 0 aromatic carbocycles. The first-order valence-electron chi connectivity index (χ1n) is 8.56. The van der Waals surface area contributed by atoms with Crippen LogP contribution in [-0.4, -0.2) is 64.5 Å². The fourth-order valence-corrected chi connectivity index (χ4v) is 4.15. The molecule has 3 aromatic heterocycles. The zero-order valence-electron chi connectivity index (χ0n) is 14.4. The third-order valence-electron chi connectivity index (χ3n) is 4.56. The van der Waals surface area contributed by atoms with Crippen molar-refractivity contribution in [2.45, 2.75) is 31.0 Å². The van der Waals surface area contributed by atoms with E-state index in [2.05, 4.69) is 19.9 Å². The molecule has 0 saturated carbocycles. The number of aliphatic hydroxyl groups is 2. The summed E-state index contributed by atoms with van der Waals surface area (Å²) in [6, 6.07) is 3.97. The Bertz CT molecular complexity index is 908. The highest BCUT2D eigenvalue weighted by molar-refractivity contribution is 7.99. The Labute approximate surface area is 159 Å². The molecule has 4 atom stereocenters. The number of aryl methyl sites for hydroxylation is 1. The Hall–Kier alpha value is -2.27. The van der Waals surface area contributed by atoms with Gasteiger partial charge in [-0.3, -0.25) is 9.55 Å². The third kappa shape index (κ3) is 3.61. The summed E-state index contributed by atoms with van der Waals surface area (Å²) in [6.45, 7) is 0. The van der Waals surface area contributed by atoms with E-state index in [4.69, 9.17) is 10.5 Å². The van der Waals surface area contributed by atoms with Crippen LogP contribution in [0.15, 0.2) is 37.2 Å². The number of nitrogen functional groups attached to an aromatic ring is 1. The van der Waals surface area contributed by atoms with Crippen LogP contribution in [-0.2, 0) is 11.2 Å². The Morgan fingerprint density at radius 2 is 1.96 bits per heavy atom. The largest absolute Gasteiger partial charge is 0.387 e. The molecule has 0 unspecified atom stereocenters. The second kappa shape index (κ2) is 7.77. The van der Waals surface area contributed by atoms with Crippen LogP contribution in [0.3, 0.4) is 0 Å². The number of ether oxygens (including phenoxy) is 1. The molecule has 4 rings (SSSR count). The lowest BCUT2D eigenvalue weighted by Gasteiger charge is -2.16. The normalized spacial score (nSPS) is 25.3. The molecule has 0 spiro atoms. The van der Waals surface area contributed by atoms with E-state index in [-0.39, 0.29) is 5.82 Å². The highest BCUT2D eigenvalue weighted by atomic mass is 32.2. The van der Waals surface area contributed by atoms with Crippen molar-refractivity contribution < 1.29 is 14.9 Å². The quantitative estimate of drug-likeness (QED) is 0.513. The lowest BCUT2D eigenvalue weighted by atomic mass is 10.1. The fourth-order valence-electron chi connectivity index (χ4n) is 3.09. The van der Waals surface area contributed by atoms with Gasteiger partial charge < -0.3 is 20.7 Å². The Balaban J connectivity index is 1.39. The van der Waals surface area contributed by atoms with Gasteiger partial charge in [-0.1, -0.05) is 0 Å². The summed E-state index contributed by atoms with van der Waals surface area (Å²) in [4.78, 5) is 16.3. The molecule has 27 heavy (non-hydrogen) atoms. The molecular formula is C17H20N6O3S. The number of hydrogen-bond acceptors (Lipinski definition) is 9. The van der Waals surface area contributed by atoms with E-state index in [1.165, 1.54) is 18.2 Å². The summed E-state index contributed by atoms with van der Waals surface area (Å²) in [5.74, 6) is 1.72. The lowest BCUT2D eigenvalue weighted by molar-refractivity contribution is -0.0289. The van der Waals surface area contributed by atoms with Gasteiger partial charge >= 0.3 is 0 Å². The van der Waals surface area contributed by atoms with E-state index in [9.17, 15) is 10.2 Å². The molecule has 3 aromatic rings. The van der Waals surface area contributed by atoms with E-state index >= 15 is 0 Å². The van der Waals surface area contributed by atoms with Gasteiger partial charge in [-0.25, -0.2) is 15.0 Å². The van der Waals surface area contributed by atoms with E-state index in [1.807, 2.05) is 12.1 Å². The average molecular weight is 388 g/mol. The molecule has 0 radical (unpaired) electrons. The van der Waals surface area contributed by atoms with E-state index in [0.717, 1.165) is 12.2 Å². The Morgan fingerprint density at radius 1 is 1.15 bits per heavy atom. The van der Waals surface area contributed by atoms with Crippen LogP contribution in [0.4, 0.5) is 5.82 Å². The molecule has 1 saturated heterocycles. The molecule has 0 aliphatic carbocycles. The maximum absolute atomic E-state index is 10.4. The van der Waals surface area contributed by atoms with Gasteiger partial charge in [-0.15, -0.1) is 0 Å². The number of hydrogen-bond donors (Lipinski definition) is 3. The first-order chi connectivity index (χ1) is 13.1. The number of rotatable bonds is 6. The highest BCUT2D eigenvalue weighted by Crippen LogP contribution is 2.33. The van der Waals surface area contributed by atoms with Crippen molar-refractivity contribution >= 4 is 28.7 Å². The number of aromatic nitrogens is 5. The van der Waals surface area contributed by atoms with E-state index < -0.39 is 24.5 Å². The average Bonchev–Trinajstić information content (AvgIpc) is 3.23. The molecule has 0 bridgehead atoms. The third-order valence-corrected chi connectivity index (χ3v) is 5.62. The molecular weight excluding hydrogens is 368 g/mol. The van der Waals surface area contributed by atoms with Gasteiger partial charge in [-0.2, -0.15) is 11.8 Å². The predicted octanol–water partition coefficient (Wildman–Crippen LogP) is 0.399. The zero-order chi connectivity index (χ0) is 18.8. The van der Waals surface area contributed by atoms with Gasteiger partial charge in [0.25, 0.3) is 0 Å². The standard InChI is InChI=1S/C17H20N6O3S/c18-15-12-16(21-8-20-15)23(9-22-12)17-14(25)13(24)11(26-17)7-27-6-3-10-1-4-19-5-2-10/h1-2,4-5,8-9,11,13-14,17,24-25H,3,6-7H2,(H2,18,20,21)/t11-,13-,14-,17-/m1/s1. The van der Waals surface area contributed by atoms with Crippen LogP contribution < -0.4 is 5.73 Å². The number of pyridine rings is 1. The van der Waals surface area contributed by atoms with E-state index in [1.54, 1.807) is 28.7 Å². The van der Waals surface area contributed by atoms with Gasteiger partial charge in [0.05, 0.1) is 12.4 Å². The first kappa shape index (κ1) is 18.1. The van der Waals surface area contributed by atoms with Crippen molar-refractivity contribution in [3.05, 3.63) is 42.7 Å². The van der Waals surface area contributed by atoms with Crippen molar-refractivity contribution in [3.8, 4) is 0 Å². The molecule has 9 nitrogen and oxygen atoms in total. The minimum Gasteiger partial charge on any atom is -0.387 e. The van der Waals surface area contributed by atoms with E-state index in [0.29, 0.717) is 16.9 Å². The van der Waals surface area contributed by atoms with Crippen LogP contribution in [0.1, 0.15) is 11.8 Å². The maximum atomic E-state index is 10.4. The predicted molar refractivity (Wildman–Crippen MR) is 101 cm³/mol. The number of thioether (sulfide) groups is 1. The van der Waals surface area contributed by atoms with Crippen LogP contribution in [0, 0.1) is 0 Å².